The summed E-state index contributed by atoms with van der Waals surface area (Å²) < 4.78 is 14.1. The predicted octanol–water partition coefficient (Wildman–Crippen LogP) is 5.05. The molecule has 1 atom stereocenters. The molecule has 0 aliphatic rings. The van der Waals surface area contributed by atoms with Gasteiger partial charge in [0.25, 0.3) is 0 Å². The lowest BCUT2D eigenvalue weighted by Gasteiger charge is -2.20. The summed E-state index contributed by atoms with van der Waals surface area (Å²) >= 11 is 5.21. The summed E-state index contributed by atoms with van der Waals surface area (Å²) in [6.45, 7) is 5.20. The van der Waals surface area contributed by atoms with Crippen LogP contribution in [0, 0.1) is 12.7 Å². The highest BCUT2D eigenvalue weighted by Gasteiger charge is 2.19. The molecule has 0 saturated heterocycles. The van der Waals surface area contributed by atoms with E-state index in [1.165, 1.54) is 22.6 Å². The molecular formula is C15H17BrFNS. The summed E-state index contributed by atoms with van der Waals surface area (Å²) in [5.74, 6) is -0.215. The largest absolute Gasteiger partial charge is 0.306 e. The van der Waals surface area contributed by atoms with Gasteiger partial charge in [-0.15, -0.1) is 11.3 Å². The van der Waals surface area contributed by atoms with Crippen molar-refractivity contribution in [2.75, 3.05) is 6.54 Å². The highest BCUT2D eigenvalue weighted by molar-refractivity contribution is 9.10. The summed E-state index contributed by atoms with van der Waals surface area (Å²) in [6, 6.07) is 7.14. The van der Waals surface area contributed by atoms with Crippen molar-refractivity contribution in [1.82, 2.24) is 5.32 Å². The van der Waals surface area contributed by atoms with E-state index in [-0.39, 0.29) is 11.9 Å². The van der Waals surface area contributed by atoms with Gasteiger partial charge in [-0.05, 0) is 54.6 Å². The summed E-state index contributed by atoms with van der Waals surface area (Å²) in [6.07, 6.45) is 1.07. The second-order valence-corrected chi connectivity index (χ2v) is 6.32. The average molecular weight is 342 g/mol. The molecule has 19 heavy (non-hydrogen) atoms. The molecular weight excluding hydrogens is 325 g/mol. The first-order valence-corrected chi connectivity index (χ1v) is 8.03. The van der Waals surface area contributed by atoms with Gasteiger partial charge in [-0.1, -0.05) is 28.9 Å². The van der Waals surface area contributed by atoms with Crippen molar-refractivity contribution in [1.29, 1.82) is 0 Å². The number of nitrogens with one attached hydrogen (secondary N) is 1. The molecule has 0 bridgehead atoms. The lowest BCUT2D eigenvalue weighted by molar-refractivity contribution is 0.595. The van der Waals surface area contributed by atoms with Crippen LogP contribution in [0.3, 0.4) is 0 Å². The monoisotopic (exact) mass is 341 g/mol. The number of aryl methyl sites for hydroxylation is 1. The van der Waals surface area contributed by atoms with Gasteiger partial charge in [0.15, 0.2) is 0 Å². The minimum atomic E-state index is -0.215. The number of halogens is 2. The Morgan fingerprint density at radius 2 is 2.16 bits per heavy atom. The number of thiophene rings is 1. The van der Waals surface area contributed by atoms with E-state index in [0.717, 1.165) is 23.0 Å². The Morgan fingerprint density at radius 1 is 1.37 bits per heavy atom. The van der Waals surface area contributed by atoms with Gasteiger partial charge in [0.05, 0.1) is 6.04 Å². The summed E-state index contributed by atoms with van der Waals surface area (Å²) in [5.41, 5.74) is 2.36. The molecule has 0 aliphatic carbocycles. The van der Waals surface area contributed by atoms with Crippen molar-refractivity contribution in [2.45, 2.75) is 26.3 Å². The third-order valence-corrected chi connectivity index (χ3v) is 4.81. The van der Waals surface area contributed by atoms with E-state index in [2.05, 4.69) is 46.5 Å². The molecule has 0 spiro atoms. The lowest BCUT2D eigenvalue weighted by Crippen LogP contribution is -2.23. The lowest BCUT2D eigenvalue weighted by atomic mass is 10.0. The molecule has 0 fully saturated rings. The molecule has 0 aliphatic heterocycles. The Balaban J connectivity index is 2.40. The number of hydrogen-bond donors (Lipinski definition) is 1. The van der Waals surface area contributed by atoms with Crippen LogP contribution in [0.4, 0.5) is 4.39 Å². The summed E-state index contributed by atoms with van der Waals surface area (Å²) in [5, 5.41) is 5.65. The SMILES string of the molecule is CCCNC(c1ccc(F)cc1Br)c1sccc1C. The van der Waals surface area contributed by atoms with Crippen LogP contribution >= 0.6 is 27.3 Å². The topological polar surface area (TPSA) is 12.0 Å². The minimum absolute atomic E-state index is 0.120. The fourth-order valence-electron chi connectivity index (χ4n) is 2.05. The molecule has 1 unspecified atom stereocenters. The van der Waals surface area contributed by atoms with Crippen molar-refractivity contribution in [3.8, 4) is 0 Å². The molecule has 1 aromatic carbocycles. The van der Waals surface area contributed by atoms with Crippen LogP contribution in [0.1, 0.15) is 35.4 Å². The molecule has 102 valence electrons. The van der Waals surface area contributed by atoms with Crippen molar-refractivity contribution >= 4 is 27.3 Å². The van der Waals surface area contributed by atoms with E-state index < -0.39 is 0 Å². The first-order chi connectivity index (χ1) is 9.13. The maximum absolute atomic E-state index is 13.2. The summed E-state index contributed by atoms with van der Waals surface area (Å²) in [7, 11) is 0. The molecule has 2 rings (SSSR count). The highest BCUT2D eigenvalue weighted by atomic mass is 79.9. The van der Waals surface area contributed by atoms with Crippen LogP contribution < -0.4 is 5.32 Å². The zero-order valence-electron chi connectivity index (χ0n) is 11.0. The fourth-order valence-corrected chi connectivity index (χ4v) is 3.65. The molecule has 1 aromatic heterocycles. The van der Waals surface area contributed by atoms with Crippen molar-refractivity contribution in [3.63, 3.8) is 0 Å². The smallest absolute Gasteiger partial charge is 0.124 e. The maximum Gasteiger partial charge on any atom is 0.124 e. The van der Waals surface area contributed by atoms with E-state index in [1.807, 2.05) is 6.07 Å². The zero-order valence-corrected chi connectivity index (χ0v) is 13.4. The van der Waals surface area contributed by atoms with Gasteiger partial charge in [-0.2, -0.15) is 0 Å². The Morgan fingerprint density at radius 3 is 2.74 bits per heavy atom. The fraction of sp³-hybridized carbons (Fsp3) is 0.333. The van der Waals surface area contributed by atoms with Gasteiger partial charge >= 0.3 is 0 Å². The second-order valence-electron chi connectivity index (χ2n) is 4.52. The Hall–Kier alpha value is -0.710. The van der Waals surface area contributed by atoms with Crippen LogP contribution in [-0.4, -0.2) is 6.54 Å². The van der Waals surface area contributed by atoms with E-state index >= 15 is 0 Å². The number of hydrogen-bond acceptors (Lipinski definition) is 2. The third-order valence-electron chi connectivity index (χ3n) is 3.04. The maximum atomic E-state index is 13.2. The van der Waals surface area contributed by atoms with E-state index in [0.29, 0.717) is 0 Å². The van der Waals surface area contributed by atoms with E-state index in [4.69, 9.17) is 0 Å². The molecule has 1 nitrogen and oxygen atoms in total. The highest BCUT2D eigenvalue weighted by Crippen LogP contribution is 2.33. The van der Waals surface area contributed by atoms with Gasteiger partial charge in [-0.25, -0.2) is 4.39 Å². The molecule has 0 saturated carbocycles. The van der Waals surface area contributed by atoms with Crippen molar-refractivity contribution in [2.24, 2.45) is 0 Å². The van der Waals surface area contributed by atoms with Gasteiger partial charge in [0.2, 0.25) is 0 Å². The number of rotatable bonds is 5. The third kappa shape index (κ3) is 3.44. The molecule has 0 amide bonds. The summed E-state index contributed by atoms with van der Waals surface area (Å²) in [4.78, 5) is 1.29. The Bertz CT molecular complexity index is 553. The molecule has 2 aromatic rings. The minimum Gasteiger partial charge on any atom is -0.306 e. The van der Waals surface area contributed by atoms with Crippen LogP contribution in [0.15, 0.2) is 34.1 Å². The quantitative estimate of drug-likeness (QED) is 0.802. The average Bonchev–Trinajstić information content (AvgIpc) is 2.78. The predicted molar refractivity (Wildman–Crippen MR) is 83.3 cm³/mol. The standard InChI is InChI=1S/C15H17BrFNS/c1-3-7-18-14(15-10(2)6-8-19-15)12-5-4-11(17)9-13(12)16/h4-6,8-9,14,18H,3,7H2,1-2H3. The van der Waals surface area contributed by atoms with Gasteiger partial charge < -0.3 is 5.32 Å². The normalized spacial score (nSPS) is 12.6. The first-order valence-electron chi connectivity index (χ1n) is 6.35. The Labute approximate surface area is 126 Å². The molecule has 0 radical (unpaired) electrons. The van der Waals surface area contributed by atoms with Gasteiger partial charge in [0, 0.05) is 9.35 Å². The second kappa shape index (κ2) is 6.64. The van der Waals surface area contributed by atoms with Crippen LogP contribution in [0.25, 0.3) is 0 Å². The molecule has 1 heterocycles. The zero-order chi connectivity index (χ0) is 13.8. The van der Waals surface area contributed by atoms with Crippen LogP contribution in [0.2, 0.25) is 0 Å². The Kier molecular flexibility index (Phi) is 5.13. The van der Waals surface area contributed by atoms with E-state index in [9.17, 15) is 4.39 Å². The van der Waals surface area contributed by atoms with Crippen molar-refractivity contribution in [3.05, 3.63) is 55.9 Å². The van der Waals surface area contributed by atoms with Gasteiger partial charge in [0.1, 0.15) is 5.82 Å². The molecule has 1 N–H and O–H groups in total. The first kappa shape index (κ1) is 14.7. The van der Waals surface area contributed by atoms with Crippen molar-refractivity contribution < 1.29 is 4.39 Å². The molecule has 4 heteroatoms. The number of benzene rings is 1. The van der Waals surface area contributed by atoms with E-state index in [1.54, 1.807) is 11.3 Å². The van der Waals surface area contributed by atoms with Crippen LogP contribution in [-0.2, 0) is 0 Å². The van der Waals surface area contributed by atoms with Gasteiger partial charge in [-0.3, -0.25) is 0 Å². The van der Waals surface area contributed by atoms with Crippen LogP contribution in [0.5, 0.6) is 0 Å².